The summed E-state index contributed by atoms with van der Waals surface area (Å²) in [6.45, 7) is 14.1. The van der Waals surface area contributed by atoms with E-state index >= 15 is 0 Å². The Balaban J connectivity index is 0.000000496. The third-order valence-electron chi connectivity index (χ3n) is 7.59. The van der Waals surface area contributed by atoms with Gasteiger partial charge in [-0.15, -0.1) is 63.8 Å². The fourth-order valence-electron chi connectivity index (χ4n) is 4.93. The molecule has 5 aromatic rings. The molecule has 3 aliphatic rings. The van der Waals surface area contributed by atoms with Gasteiger partial charge in [0, 0.05) is 0 Å². The van der Waals surface area contributed by atoms with Gasteiger partial charge in [-0.25, -0.2) is 72.9 Å². The first-order valence-corrected chi connectivity index (χ1v) is 20.9. The summed E-state index contributed by atoms with van der Waals surface area (Å²) in [5.41, 5.74) is -2.74. The van der Waals surface area contributed by atoms with Gasteiger partial charge >= 0.3 is 89.3 Å². The molecule has 8 heterocycles. The van der Waals surface area contributed by atoms with Gasteiger partial charge in [0.2, 0.25) is 22.8 Å². The van der Waals surface area contributed by atoms with Crippen molar-refractivity contribution >= 4 is 71.2 Å². The van der Waals surface area contributed by atoms with Crippen molar-refractivity contribution in [3.63, 3.8) is 0 Å². The second-order valence-corrected chi connectivity index (χ2v) is 15.4. The summed E-state index contributed by atoms with van der Waals surface area (Å²) >= 11 is 0. The number of carboxylic acid groups (broad SMARTS) is 2. The van der Waals surface area contributed by atoms with Crippen LogP contribution in [0.5, 0.6) is 0 Å². The van der Waals surface area contributed by atoms with E-state index in [0.29, 0.717) is 0 Å². The number of cyclic esters (lactones) is 4. The number of terminal acetylenes is 1. The first-order valence-electron chi connectivity index (χ1n) is 21.4. The Morgan fingerprint density at radius 3 is 1.28 bits per heavy atom. The smallest absolute Gasteiger partial charge is 0.870 e. The fourth-order valence-corrected chi connectivity index (χ4v) is 4.93. The van der Waals surface area contributed by atoms with Gasteiger partial charge in [0.1, 0.15) is 49.9 Å². The molecule has 3 N–H and O–H groups in total. The molecule has 0 saturated carbocycles. The molecular weight excluding hydrogens is 1070 g/mol. The van der Waals surface area contributed by atoms with Crippen molar-refractivity contribution in [1.82, 2.24) is 75.9 Å². The number of ether oxygens (including phenoxy) is 7. The number of hydrogen-bond donors (Lipinski definition) is 2. The van der Waals surface area contributed by atoms with Crippen molar-refractivity contribution in [2.75, 3.05) is 13.2 Å². The molecule has 408 valence electrons. The number of nitrogens with zero attached hydrogens (tertiary/aromatic N) is 15. The van der Waals surface area contributed by atoms with Crippen molar-refractivity contribution < 1.29 is 128 Å². The molecule has 0 radical (unpaired) electrons. The minimum Gasteiger partial charge on any atom is -0.870 e. The van der Waals surface area contributed by atoms with Crippen LogP contribution in [0.1, 0.15) is 152 Å². The first-order chi connectivity index (χ1) is 36.8. The summed E-state index contributed by atoms with van der Waals surface area (Å²) in [7, 11) is 0. The predicted octanol–water partition coefficient (Wildman–Crippen LogP) is -2.80. The third-order valence-corrected chi connectivity index (χ3v) is 7.59. The Hall–Kier alpha value is -10.1. The van der Waals surface area contributed by atoms with Crippen molar-refractivity contribution in [2.45, 2.75) is 66.6 Å². The Labute approximate surface area is 466 Å². The number of fused-ring (bicyclic) bond motifs is 3. The number of hydrogen-bond acceptors (Lipinski definition) is 33. The monoisotopic (exact) mass is 1110 g/mol. The van der Waals surface area contributed by atoms with Crippen LogP contribution in [0.25, 0.3) is 11.5 Å². The molecule has 5 aromatic heterocycles. The van der Waals surface area contributed by atoms with E-state index in [1.807, 2.05) is 0 Å². The van der Waals surface area contributed by atoms with Crippen molar-refractivity contribution in [3.05, 3.63) is 101 Å². The van der Waals surface area contributed by atoms with Crippen molar-refractivity contribution in [1.29, 1.82) is 0 Å². The molecule has 0 unspecified atom stereocenters. The molecule has 79 heavy (non-hydrogen) atoms. The molecule has 0 aromatic carbocycles. The van der Waals surface area contributed by atoms with Crippen LogP contribution in [0.2, 0.25) is 0 Å². The van der Waals surface area contributed by atoms with Crippen LogP contribution in [0.3, 0.4) is 0 Å². The zero-order chi connectivity index (χ0) is 58.3. The van der Waals surface area contributed by atoms with Crippen molar-refractivity contribution in [2.24, 2.45) is 0 Å². The number of aromatic carboxylic acids is 2. The van der Waals surface area contributed by atoms with Crippen LogP contribution >= 0.6 is 0 Å². The SMILES string of the molecule is CC(C)(C)OC(=O)C=C1OC(=O)c2ncnnc21.CC(C)(C)OC(=O)C=C1OC(=O)c2nncnc21.CCOC(=O)c1ncnnc1C(=O)OCC.O=C(O)c1ncnnc1C(=O)O.O=C1OC(=O)c2nncnc21.[2H]C#C.[Na+].[OH-]. The maximum atomic E-state index is 11.6. The zero-order valence-corrected chi connectivity index (χ0v) is 44.5. The number of rotatable bonds is 8. The number of carboxylic acids is 2. The summed E-state index contributed by atoms with van der Waals surface area (Å²) < 4.78 is 39.3. The Morgan fingerprint density at radius 2 is 0.848 bits per heavy atom. The third kappa shape index (κ3) is 20.2. The average Bonchev–Trinajstić information content (AvgIpc) is 3.98. The summed E-state index contributed by atoms with van der Waals surface area (Å²) in [6, 6.07) is 0. The van der Waals surface area contributed by atoms with Crippen LogP contribution < -0.4 is 29.6 Å². The molecule has 0 fully saturated rings. The van der Waals surface area contributed by atoms with E-state index in [1.54, 1.807) is 55.4 Å². The molecule has 0 bridgehead atoms. The topological polar surface area (TPSA) is 499 Å². The van der Waals surface area contributed by atoms with E-state index in [4.69, 9.17) is 40.0 Å². The number of esters is 8. The van der Waals surface area contributed by atoms with E-state index in [1.165, 1.54) is 12.7 Å². The second-order valence-electron chi connectivity index (χ2n) is 15.4. The van der Waals surface area contributed by atoms with E-state index in [-0.39, 0.29) is 105 Å². The molecule has 0 aliphatic carbocycles. The van der Waals surface area contributed by atoms with E-state index < -0.39 is 82.3 Å². The Bertz CT molecular complexity index is 3040. The number of carbonyl (C=O) groups excluding carboxylic acids is 8. The predicted molar refractivity (Wildman–Crippen MR) is 245 cm³/mol. The largest absolute Gasteiger partial charge is 1.00 e. The second kappa shape index (κ2) is 31.1. The number of carbonyl (C=O) groups is 10. The number of aromatic nitrogens is 15. The Kier molecular flexibility index (Phi) is 25.6. The molecule has 8 rings (SSSR count). The molecule has 0 saturated heterocycles. The summed E-state index contributed by atoms with van der Waals surface area (Å²) in [5, 5.41) is 51.0. The minimum atomic E-state index is -1.46. The molecule has 36 heteroatoms. The van der Waals surface area contributed by atoms with Gasteiger partial charge in [-0.2, -0.15) is 0 Å². The quantitative estimate of drug-likeness (QED) is 0.0396. The molecule has 0 amide bonds. The minimum absolute atomic E-state index is 0. The van der Waals surface area contributed by atoms with Gasteiger partial charge in [0.15, 0.2) is 40.0 Å². The van der Waals surface area contributed by atoms with Crippen molar-refractivity contribution in [3.8, 4) is 12.8 Å². The van der Waals surface area contributed by atoms with Crippen LogP contribution in [0.15, 0.2) is 43.8 Å². The van der Waals surface area contributed by atoms with E-state index in [0.717, 1.165) is 37.5 Å². The van der Waals surface area contributed by atoms with Crippen LogP contribution in [-0.2, 0) is 42.7 Å². The summed E-state index contributed by atoms with van der Waals surface area (Å²) in [6.07, 6.45) is 13.2. The molecule has 3 aliphatic heterocycles. The van der Waals surface area contributed by atoms with Crippen LogP contribution in [0, 0.1) is 12.8 Å². The Morgan fingerprint density at radius 1 is 0.519 bits per heavy atom. The average molecular weight is 1110 g/mol. The van der Waals surface area contributed by atoms with Gasteiger partial charge in [-0.1, -0.05) is 0 Å². The summed E-state index contributed by atoms with van der Waals surface area (Å²) in [5.74, 6) is -8.47. The van der Waals surface area contributed by atoms with Crippen LogP contribution in [-0.4, -0.2) is 176 Å². The van der Waals surface area contributed by atoms with Crippen LogP contribution in [0.4, 0.5) is 0 Å². The van der Waals surface area contributed by atoms with Gasteiger partial charge in [-0.05, 0) is 55.4 Å². The summed E-state index contributed by atoms with van der Waals surface area (Å²) in [4.78, 5) is 129. The zero-order valence-electron chi connectivity index (χ0n) is 43.5. The van der Waals surface area contributed by atoms with E-state index in [9.17, 15) is 47.9 Å². The fraction of sp³-hybridized carbons (Fsp3) is 0.279. The molecular formula is C43H40N15NaO20. The molecule has 35 nitrogen and oxygen atoms in total. The van der Waals surface area contributed by atoms with Gasteiger partial charge in [-0.3, -0.25) is 0 Å². The standard InChI is InChI=1S/2C11H11N3O4.C9H11N3O4.C5H3N3O4.C5HN3O3.C2H2.Na.H2O/c1-11(2,3)18-7(15)4-6-8-9(10(16)17-6)12-5-13-14-8;1-11(2,3)18-7(15)4-6-8-9(10(16)17-6)14-13-5-12-8;1-3-15-8(13)6-7(9(14)16-4-2)12-11-5-10-6;9-4(10)2-3(5(11)12)8-7-1-6-2;9-4-2-3(5(10)11-4)8-7-1-6-2;1-2;;/h2*4-5H,1-3H3;5H,3-4H2,1-2H3;1H,(H,9,10)(H,11,12);1H;1-2H;;1H2/q;;;;;;+1;/p-1/i;;;;;1D;;. The maximum Gasteiger partial charge on any atom is 1.00 e. The van der Waals surface area contributed by atoms with Gasteiger partial charge in [0.25, 0.3) is 0 Å². The first kappa shape index (κ1) is 65.1. The van der Waals surface area contributed by atoms with E-state index in [2.05, 4.69) is 87.1 Å². The van der Waals surface area contributed by atoms with Gasteiger partial charge in [0.05, 0.1) is 25.4 Å². The molecule has 0 spiro atoms. The molecule has 0 atom stereocenters. The van der Waals surface area contributed by atoms with Gasteiger partial charge < -0.3 is 48.8 Å². The normalized spacial score (nSPS) is 13.0. The maximum absolute atomic E-state index is 11.6.